The molecule has 2 rings (SSSR count). The maximum Gasteiger partial charge on any atom is 0.0406 e. The summed E-state index contributed by atoms with van der Waals surface area (Å²) in [6.07, 6.45) is 3.97. The Morgan fingerprint density at radius 3 is 2.60 bits per heavy atom. The monoisotopic (exact) mass is 288 g/mol. The molecule has 1 aromatic heterocycles. The molecule has 1 N–H and O–H groups in total. The van der Waals surface area contributed by atoms with Crippen LogP contribution < -0.4 is 5.32 Å². The Morgan fingerprint density at radius 1 is 1.20 bits per heavy atom. The molecule has 0 bridgehead atoms. The lowest BCUT2D eigenvalue weighted by Crippen LogP contribution is -2.24. The van der Waals surface area contributed by atoms with Crippen molar-refractivity contribution in [2.24, 2.45) is 0 Å². The highest BCUT2D eigenvalue weighted by atomic mass is 35.5. The summed E-state index contributed by atoms with van der Waals surface area (Å²) in [5.41, 5.74) is 3.64. The van der Waals surface area contributed by atoms with Crippen LogP contribution in [-0.2, 0) is 6.42 Å². The zero-order valence-electron chi connectivity index (χ0n) is 12.1. The summed E-state index contributed by atoms with van der Waals surface area (Å²) in [5.74, 6) is 0. The number of hydrogen-bond acceptors (Lipinski definition) is 2. The molecule has 1 unspecified atom stereocenters. The molecule has 0 amide bonds. The normalized spacial score (nSPS) is 12.3. The number of halogens is 1. The second-order valence-electron chi connectivity index (χ2n) is 5.07. The molecule has 3 heteroatoms. The van der Waals surface area contributed by atoms with Gasteiger partial charge in [-0.15, -0.1) is 0 Å². The first-order chi connectivity index (χ1) is 9.69. The smallest absolute Gasteiger partial charge is 0.0406 e. The Bertz CT molecular complexity index is 537. The Hall–Kier alpha value is -1.38. The van der Waals surface area contributed by atoms with Gasteiger partial charge in [-0.3, -0.25) is 4.98 Å². The van der Waals surface area contributed by atoms with E-state index >= 15 is 0 Å². The van der Waals surface area contributed by atoms with Gasteiger partial charge in [-0.05, 0) is 61.7 Å². The van der Waals surface area contributed by atoms with Crippen LogP contribution in [0.25, 0.3) is 0 Å². The van der Waals surface area contributed by atoms with Crippen molar-refractivity contribution in [3.63, 3.8) is 0 Å². The van der Waals surface area contributed by atoms with Gasteiger partial charge in [-0.1, -0.05) is 30.7 Å². The highest BCUT2D eigenvalue weighted by Gasteiger charge is 2.12. The molecule has 20 heavy (non-hydrogen) atoms. The fourth-order valence-corrected chi connectivity index (χ4v) is 2.39. The molecular formula is C17H21ClN2. The van der Waals surface area contributed by atoms with Crippen molar-refractivity contribution in [1.82, 2.24) is 10.3 Å². The summed E-state index contributed by atoms with van der Waals surface area (Å²) >= 11 is 5.95. The van der Waals surface area contributed by atoms with Crippen molar-refractivity contribution in [2.75, 3.05) is 6.54 Å². The number of pyridine rings is 1. The molecule has 106 valence electrons. The van der Waals surface area contributed by atoms with Crippen molar-refractivity contribution in [2.45, 2.75) is 32.7 Å². The first kappa shape index (κ1) is 15.0. The van der Waals surface area contributed by atoms with Gasteiger partial charge in [0.25, 0.3) is 0 Å². The summed E-state index contributed by atoms with van der Waals surface area (Å²) in [5, 5.41) is 4.40. The highest BCUT2D eigenvalue weighted by Crippen LogP contribution is 2.20. The summed E-state index contributed by atoms with van der Waals surface area (Å²) in [6, 6.07) is 12.7. The van der Waals surface area contributed by atoms with Crippen molar-refractivity contribution in [1.29, 1.82) is 0 Å². The maximum absolute atomic E-state index is 5.95. The van der Waals surface area contributed by atoms with Gasteiger partial charge in [0.15, 0.2) is 0 Å². The lowest BCUT2D eigenvalue weighted by atomic mass is 9.99. The number of hydrogen-bond donors (Lipinski definition) is 1. The molecule has 0 saturated heterocycles. The van der Waals surface area contributed by atoms with E-state index in [4.69, 9.17) is 11.6 Å². The Labute approximate surface area is 126 Å². The van der Waals surface area contributed by atoms with Crippen molar-refractivity contribution in [3.8, 4) is 0 Å². The number of benzene rings is 1. The number of nitrogens with zero attached hydrogens (tertiary/aromatic N) is 1. The van der Waals surface area contributed by atoms with Crippen molar-refractivity contribution < 1.29 is 0 Å². The number of aryl methyl sites for hydroxylation is 1. The van der Waals surface area contributed by atoms with Crippen LogP contribution in [0, 0.1) is 6.92 Å². The van der Waals surface area contributed by atoms with Gasteiger partial charge in [0, 0.05) is 23.0 Å². The zero-order valence-corrected chi connectivity index (χ0v) is 12.8. The molecule has 1 aromatic carbocycles. The minimum absolute atomic E-state index is 0.317. The molecule has 0 fully saturated rings. The van der Waals surface area contributed by atoms with E-state index in [1.165, 1.54) is 11.1 Å². The number of nitrogens with one attached hydrogen (secondary N) is 1. The van der Waals surface area contributed by atoms with Crippen LogP contribution >= 0.6 is 11.6 Å². The number of rotatable bonds is 6. The van der Waals surface area contributed by atoms with Gasteiger partial charge < -0.3 is 5.32 Å². The van der Waals surface area contributed by atoms with Gasteiger partial charge in [-0.2, -0.15) is 0 Å². The third-order valence-corrected chi connectivity index (χ3v) is 3.57. The lowest BCUT2D eigenvalue weighted by molar-refractivity contribution is 0.528. The van der Waals surface area contributed by atoms with Gasteiger partial charge in [-0.25, -0.2) is 0 Å². The molecular weight excluding hydrogens is 268 g/mol. The van der Waals surface area contributed by atoms with Crippen LogP contribution in [-0.4, -0.2) is 11.5 Å². The van der Waals surface area contributed by atoms with E-state index in [2.05, 4.69) is 41.5 Å². The quantitative estimate of drug-likeness (QED) is 0.856. The van der Waals surface area contributed by atoms with Crippen LogP contribution in [0.15, 0.2) is 42.6 Å². The maximum atomic E-state index is 5.95. The molecule has 0 radical (unpaired) electrons. The first-order valence-electron chi connectivity index (χ1n) is 7.09. The largest absolute Gasteiger partial charge is 0.310 e. The minimum atomic E-state index is 0.317. The summed E-state index contributed by atoms with van der Waals surface area (Å²) in [6.45, 7) is 5.23. The average molecular weight is 289 g/mol. The zero-order chi connectivity index (χ0) is 14.4. The van der Waals surface area contributed by atoms with Gasteiger partial charge in [0.1, 0.15) is 0 Å². The van der Waals surface area contributed by atoms with Gasteiger partial charge in [0.05, 0.1) is 0 Å². The predicted molar refractivity (Wildman–Crippen MR) is 85.2 cm³/mol. The molecule has 0 aliphatic heterocycles. The van der Waals surface area contributed by atoms with E-state index < -0.39 is 0 Å². The summed E-state index contributed by atoms with van der Waals surface area (Å²) in [7, 11) is 0. The fourth-order valence-electron chi connectivity index (χ4n) is 2.27. The molecule has 0 saturated carbocycles. The third kappa shape index (κ3) is 4.32. The van der Waals surface area contributed by atoms with E-state index in [1.54, 1.807) is 0 Å². The molecule has 0 aliphatic rings. The molecule has 0 aliphatic carbocycles. The Morgan fingerprint density at radius 2 is 1.95 bits per heavy atom. The highest BCUT2D eigenvalue weighted by molar-refractivity contribution is 6.30. The Kier molecular flexibility index (Phi) is 5.57. The second-order valence-corrected chi connectivity index (χ2v) is 5.50. The third-order valence-electron chi connectivity index (χ3n) is 3.32. The van der Waals surface area contributed by atoms with Crippen molar-refractivity contribution in [3.05, 3.63) is 64.4 Å². The SMILES string of the molecule is CCCNC(Cc1ccc(Cl)cc1)c1ccnc(C)c1. The van der Waals surface area contributed by atoms with E-state index in [1.807, 2.05) is 25.3 Å². The van der Waals surface area contributed by atoms with Crippen LogP contribution in [0.3, 0.4) is 0 Å². The van der Waals surface area contributed by atoms with Crippen LogP contribution in [0.5, 0.6) is 0 Å². The lowest BCUT2D eigenvalue weighted by Gasteiger charge is -2.19. The summed E-state index contributed by atoms with van der Waals surface area (Å²) < 4.78 is 0. The van der Waals surface area contributed by atoms with Gasteiger partial charge in [0.2, 0.25) is 0 Å². The Balaban J connectivity index is 2.16. The minimum Gasteiger partial charge on any atom is -0.310 e. The molecule has 2 aromatic rings. The van der Waals surface area contributed by atoms with Crippen LogP contribution in [0.2, 0.25) is 5.02 Å². The first-order valence-corrected chi connectivity index (χ1v) is 7.47. The second kappa shape index (κ2) is 7.41. The molecule has 1 atom stereocenters. The average Bonchev–Trinajstić information content (AvgIpc) is 2.45. The molecule has 0 spiro atoms. The van der Waals surface area contributed by atoms with E-state index in [-0.39, 0.29) is 0 Å². The molecule has 1 heterocycles. The molecule has 2 nitrogen and oxygen atoms in total. The topological polar surface area (TPSA) is 24.9 Å². The van der Waals surface area contributed by atoms with E-state index in [0.29, 0.717) is 6.04 Å². The predicted octanol–water partition coefficient (Wildman–Crippen LogP) is 4.33. The van der Waals surface area contributed by atoms with Crippen LogP contribution in [0.1, 0.15) is 36.2 Å². The van der Waals surface area contributed by atoms with Gasteiger partial charge >= 0.3 is 0 Å². The standard InChI is InChI=1S/C17H21ClN2/c1-3-9-20-17(15-8-10-19-13(2)11-15)12-14-4-6-16(18)7-5-14/h4-8,10-11,17,20H,3,9,12H2,1-2H3. The van der Waals surface area contributed by atoms with E-state index in [0.717, 1.165) is 30.1 Å². The summed E-state index contributed by atoms with van der Waals surface area (Å²) in [4.78, 5) is 4.28. The van der Waals surface area contributed by atoms with Crippen molar-refractivity contribution >= 4 is 11.6 Å². The fraction of sp³-hybridized carbons (Fsp3) is 0.353. The number of aromatic nitrogens is 1. The van der Waals surface area contributed by atoms with Crippen LogP contribution in [0.4, 0.5) is 0 Å². The van der Waals surface area contributed by atoms with E-state index in [9.17, 15) is 0 Å².